The second kappa shape index (κ2) is 10.8. The van der Waals surface area contributed by atoms with Crippen molar-refractivity contribution in [3.8, 4) is 17.1 Å². The number of oxazole rings is 1. The number of carbonyl (C=O) groups excluding carboxylic acids is 1. The van der Waals surface area contributed by atoms with Crippen molar-refractivity contribution in [1.29, 1.82) is 0 Å². The van der Waals surface area contributed by atoms with Gasteiger partial charge in [0.1, 0.15) is 5.75 Å². The third-order valence-electron chi connectivity index (χ3n) is 4.42. The van der Waals surface area contributed by atoms with Gasteiger partial charge in [0.05, 0.1) is 17.8 Å². The molecular weight excluding hydrogens is 402 g/mol. The molecule has 0 aliphatic rings. The molecule has 1 amide bonds. The molecule has 0 spiro atoms. The van der Waals surface area contributed by atoms with Crippen LogP contribution in [0.3, 0.4) is 0 Å². The van der Waals surface area contributed by atoms with E-state index in [0.29, 0.717) is 29.7 Å². The van der Waals surface area contributed by atoms with E-state index in [0.717, 1.165) is 30.0 Å². The van der Waals surface area contributed by atoms with Crippen molar-refractivity contribution in [2.24, 2.45) is 0 Å². The maximum atomic E-state index is 12.2. The third kappa shape index (κ3) is 6.61. The van der Waals surface area contributed by atoms with Crippen LogP contribution in [0.1, 0.15) is 18.7 Å². The number of hydrogen-bond donors (Lipinski definition) is 1. The second-order valence-corrected chi connectivity index (χ2v) is 7.58. The largest absolute Gasteiger partial charge is 0.494 e. The fraction of sp³-hybridized carbons (Fsp3) is 0.304. The highest BCUT2D eigenvalue weighted by molar-refractivity contribution is 6.33. The fourth-order valence-electron chi connectivity index (χ4n) is 2.86. The van der Waals surface area contributed by atoms with E-state index in [2.05, 4.69) is 15.2 Å². The second-order valence-electron chi connectivity index (χ2n) is 7.18. The first-order valence-corrected chi connectivity index (χ1v) is 10.3. The number of aryl methyl sites for hydroxylation is 1. The quantitative estimate of drug-likeness (QED) is 0.466. The lowest BCUT2D eigenvalue weighted by Crippen LogP contribution is -2.15. The van der Waals surface area contributed by atoms with Crippen LogP contribution in [0.15, 0.2) is 59.1 Å². The van der Waals surface area contributed by atoms with Crippen LogP contribution in [0.4, 0.5) is 5.69 Å². The predicted octanol–water partition coefficient (Wildman–Crippen LogP) is 4.90. The van der Waals surface area contributed by atoms with Gasteiger partial charge >= 0.3 is 0 Å². The monoisotopic (exact) mass is 427 g/mol. The number of anilines is 1. The summed E-state index contributed by atoms with van der Waals surface area (Å²) < 4.78 is 11.4. The Hall–Kier alpha value is -2.83. The van der Waals surface area contributed by atoms with Crippen molar-refractivity contribution < 1.29 is 13.9 Å². The van der Waals surface area contributed by atoms with Gasteiger partial charge in [0, 0.05) is 30.6 Å². The Morgan fingerprint density at radius 3 is 2.67 bits per heavy atom. The highest BCUT2D eigenvalue weighted by Crippen LogP contribution is 2.28. The van der Waals surface area contributed by atoms with E-state index in [1.54, 1.807) is 12.3 Å². The van der Waals surface area contributed by atoms with Crippen LogP contribution in [-0.2, 0) is 11.2 Å². The molecule has 30 heavy (non-hydrogen) atoms. The number of amides is 1. The zero-order chi connectivity index (χ0) is 21.3. The number of ether oxygens (including phenoxy) is 1. The lowest BCUT2D eigenvalue weighted by atomic mass is 10.2. The molecule has 0 atom stereocenters. The molecule has 1 aromatic heterocycles. The highest BCUT2D eigenvalue weighted by atomic mass is 35.5. The average Bonchev–Trinajstić information content (AvgIpc) is 3.20. The molecule has 7 heteroatoms. The van der Waals surface area contributed by atoms with Crippen LogP contribution in [0.5, 0.6) is 5.75 Å². The van der Waals surface area contributed by atoms with Gasteiger partial charge in [-0.05, 0) is 56.9 Å². The first-order valence-electron chi connectivity index (χ1n) is 9.88. The summed E-state index contributed by atoms with van der Waals surface area (Å²) in [5.74, 6) is 1.78. The summed E-state index contributed by atoms with van der Waals surface area (Å²) >= 11 is 6.18. The minimum atomic E-state index is -0.104. The van der Waals surface area contributed by atoms with E-state index in [-0.39, 0.29) is 12.3 Å². The summed E-state index contributed by atoms with van der Waals surface area (Å²) in [6.07, 6.45) is 3.27. The van der Waals surface area contributed by atoms with E-state index < -0.39 is 0 Å². The van der Waals surface area contributed by atoms with Gasteiger partial charge < -0.3 is 19.4 Å². The minimum absolute atomic E-state index is 0.104. The first-order chi connectivity index (χ1) is 14.5. The van der Waals surface area contributed by atoms with Gasteiger partial charge in [-0.15, -0.1) is 0 Å². The molecule has 1 heterocycles. The molecule has 6 nitrogen and oxygen atoms in total. The lowest BCUT2D eigenvalue weighted by molar-refractivity contribution is -0.116. The molecule has 0 saturated carbocycles. The molecule has 3 rings (SSSR count). The van der Waals surface area contributed by atoms with Crippen LogP contribution >= 0.6 is 11.6 Å². The molecule has 0 unspecified atom stereocenters. The van der Waals surface area contributed by atoms with Gasteiger partial charge in [-0.3, -0.25) is 4.79 Å². The summed E-state index contributed by atoms with van der Waals surface area (Å²) in [7, 11) is 4.08. The molecule has 0 bridgehead atoms. The fourth-order valence-corrected chi connectivity index (χ4v) is 3.09. The number of hydrogen-bond acceptors (Lipinski definition) is 5. The Balaban J connectivity index is 1.44. The zero-order valence-corrected chi connectivity index (χ0v) is 18.0. The number of nitrogens with zero attached hydrogens (tertiary/aromatic N) is 2. The summed E-state index contributed by atoms with van der Waals surface area (Å²) in [6.45, 7) is 1.65. The molecule has 2 aromatic carbocycles. The van der Waals surface area contributed by atoms with Gasteiger partial charge in [-0.1, -0.05) is 23.7 Å². The van der Waals surface area contributed by atoms with Crippen LogP contribution in [-0.4, -0.2) is 43.0 Å². The van der Waals surface area contributed by atoms with Crippen LogP contribution < -0.4 is 10.1 Å². The zero-order valence-electron chi connectivity index (χ0n) is 17.2. The SMILES string of the molecule is CN(C)CCCOc1ccc(NC(=O)CCc2ncc(-c3ccccc3Cl)o2)cc1. The van der Waals surface area contributed by atoms with E-state index >= 15 is 0 Å². The molecule has 3 aromatic rings. The van der Waals surface area contributed by atoms with Crippen molar-refractivity contribution in [3.63, 3.8) is 0 Å². The molecule has 158 valence electrons. The summed E-state index contributed by atoms with van der Waals surface area (Å²) in [5, 5.41) is 3.48. The maximum Gasteiger partial charge on any atom is 0.224 e. The standard InChI is InChI=1S/C23H26ClN3O3/c1-27(2)14-5-15-29-18-10-8-17(9-11-18)26-22(28)12-13-23-25-16-21(30-23)19-6-3-4-7-20(19)24/h3-4,6-11,16H,5,12-15H2,1-2H3,(H,26,28). The average molecular weight is 428 g/mol. The van der Waals surface area contributed by atoms with Gasteiger partial charge in [0.15, 0.2) is 11.7 Å². The van der Waals surface area contributed by atoms with Crippen molar-refractivity contribution >= 4 is 23.2 Å². The van der Waals surface area contributed by atoms with Gasteiger partial charge in [0.25, 0.3) is 0 Å². The van der Waals surface area contributed by atoms with Crippen LogP contribution in [0.25, 0.3) is 11.3 Å². The van der Waals surface area contributed by atoms with E-state index in [1.165, 1.54) is 0 Å². The normalized spacial score (nSPS) is 10.9. The Morgan fingerprint density at radius 2 is 1.93 bits per heavy atom. The van der Waals surface area contributed by atoms with Crippen LogP contribution in [0.2, 0.25) is 5.02 Å². The van der Waals surface area contributed by atoms with E-state index in [1.807, 2.05) is 56.6 Å². The lowest BCUT2D eigenvalue weighted by Gasteiger charge is -2.11. The minimum Gasteiger partial charge on any atom is -0.494 e. The predicted molar refractivity (Wildman–Crippen MR) is 119 cm³/mol. The molecule has 1 N–H and O–H groups in total. The topological polar surface area (TPSA) is 67.6 Å². The summed E-state index contributed by atoms with van der Waals surface area (Å²) in [6, 6.07) is 14.8. The molecule has 0 aliphatic carbocycles. The Morgan fingerprint density at radius 1 is 1.17 bits per heavy atom. The third-order valence-corrected chi connectivity index (χ3v) is 4.74. The highest BCUT2D eigenvalue weighted by Gasteiger charge is 2.11. The summed E-state index contributed by atoms with van der Waals surface area (Å²) in [5.41, 5.74) is 1.51. The van der Waals surface area contributed by atoms with Gasteiger partial charge in [-0.2, -0.15) is 0 Å². The first kappa shape index (κ1) is 21.9. The number of benzene rings is 2. The molecular formula is C23H26ClN3O3. The Bertz CT molecular complexity index is 954. The molecule has 0 aliphatic heterocycles. The number of aromatic nitrogens is 1. The molecule has 0 radical (unpaired) electrons. The van der Waals surface area contributed by atoms with Crippen molar-refractivity contribution in [2.75, 3.05) is 32.6 Å². The van der Waals surface area contributed by atoms with Crippen molar-refractivity contribution in [2.45, 2.75) is 19.3 Å². The van der Waals surface area contributed by atoms with Crippen LogP contribution in [0, 0.1) is 0 Å². The maximum absolute atomic E-state index is 12.2. The van der Waals surface area contributed by atoms with Crippen molar-refractivity contribution in [1.82, 2.24) is 9.88 Å². The Labute approximate surface area is 181 Å². The molecule has 0 saturated heterocycles. The number of nitrogens with one attached hydrogen (secondary N) is 1. The smallest absolute Gasteiger partial charge is 0.224 e. The van der Waals surface area contributed by atoms with Gasteiger partial charge in [0.2, 0.25) is 5.91 Å². The number of carbonyl (C=O) groups is 1. The molecule has 0 fully saturated rings. The number of rotatable bonds is 10. The summed E-state index contributed by atoms with van der Waals surface area (Å²) in [4.78, 5) is 18.6. The number of halogens is 1. The van der Waals surface area contributed by atoms with E-state index in [9.17, 15) is 4.79 Å². The Kier molecular flexibility index (Phi) is 7.88. The van der Waals surface area contributed by atoms with E-state index in [4.69, 9.17) is 20.8 Å². The van der Waals surface area contributed by atoms with Crippen molar-refractivity contribution in [3.05, 3.63) is 65.6 Å². The van der Waals surface area contributed by atoms with Gasteiger partial charge in [-0.25, -0.2) is 4.98 Å².